The van der Waals surface area contributed by atoms with Crippen LogP contribution in [0.2, 0.25) is 0 Å². The van der Waals surface area contributed by atoms with Gasteiger partial charge in [-0.15, -0.1) is 45.3 Å². The molecule has 10 heteroatoms. The highest BCUT2D eigenvalue weighted by atomic mass is 32.1. The molecular formula is C96H63N5OS4. The smallest absolute Gasteiger partial charge is 0.131 e. The summed E-state index contributed by atoms with van der Waals surface area (Å²) < 4.78 is 17.5. The Morgan fingerprint density at radius 3 is 0.708 bits per heavy atom. The Balaban J connectivity index is 0.833. The van der Waals surface area contributed by atoms with Crippen LogP contribution in [-0.4, -0.2) is 0 Å². The highest BCUT2D eigenvalue weighted by molar-refractivity contribution is 7.27. The number of rotatable bonds is 17. The summed E-state index contributed by atoms with van der Waals surface area (Å²) in [5.41, 5.74) is 15.0. The van der Waals surface area contributed by atoms with Crippen LogP contribution in [0, 0.1) is 0 Å². The van der Waals surface area contributed by atoms with E-state index >= 15 is 0 Å². The minimum Gasteiger partial charge on any atom is -0.457 e. The van der Waals surface area contributed by atoms with Crippen molar-refractivity contribution < 1.29 is 4.74 Å². The van der Waals surface area contributed by atoms with Gasteiger partial charge in [0, 0.05) is 133 Å². The SMILES string of the molecule is c1ccc(N(c2ccccc2)c2cc(N(c3ccccc3)c3cccc4sc5ccccc5c34)cc(N(c3cccc(Oc4cc(N(c5ccccc5)c5cccc6sc7ccccc7c56)cc(N(c5ccccc5)c5cccc6sc7ccccc7c56)c4)c3)c3cccc4sc5ccccc5c34)c2)cc1. The minimum absolute atomic E-state index is 0.660. The zero-order valence-electron chi connectivity index (χ0n) is 57.2. The molecule has 0 unspecified atom stereocenters. The second kappa shape index (κ2) is 26.8. The third-order valence-electron chi connectivity index (χ3n) is 19.9. The molecule has 6 nitrogen and oxygen atoms in total. The van der Waals surface area contributed by atoms with Crippen molar-refractivity contribution in [3.63, 3.8) is 0 Å². The molecule has 20 rings (SSSR count). The number of nitrogens with zero attached hydrogens (tertiary/aromatic N) is 5. The number of ether oxygens (including phenoxy) is 1. The molecule has 0 saturated heterocycles. The van der Waals surface area contributed by atoms with Gasteiger partial charge in [-0.05, 0) is 170 Å². The first-order chi connectivity index (χ1) is 52.6. The van der Waals surface area contributed by atoms with Crippen molar-refractivity contribution in [2.24, 2.45) is 0 Å². The van der Waals surface area contributed by atoms with Crippen LogP contribution in [0.15, 0.2) is 382 Å². The molecule has 0 radical (unpaired) electrons. The molecule has 20 aromatic rings. The van der Waals surface area contributed by atoms with Crippen LogP contribution >= 0.6 is 45.3 Å². The fourth-order valence-corrected chi connectivity index (χ4v) is 20.0. The van der Waals surface area contributed by atoms with Gasteiger partial charge in [0.15, 0.2) is 0 Å². The highest BCUT2D eigenvalue weighted by Crippen LogP contribution is 2.54. The fraction of sp³-hybridized carbons (Fsp3) is 0. The van der Waals surface area contributed by atoms with E-state index in [1.807, 2.05) is 45.3 Å². The normalized spacial score (nSPS) is 11.6. The highest BCUT2D eigenvalue weighted by Gasteiger charge is 2.29. The summed E-state index contributed by atoms with van der Waals surface area (Å²) >= 11 is 7.32. The Morgan fingerprint density at radius 2 is 0.387 bits per heavy atom. The number of hydrogen-bond donors (Lipinski definition) is 0. The van der Waals surface area contributed by atoms with Crippen molar-refractivity contribution in [3.05, 3.63) is 382 Å². The molecule has 0 bridgehead atoms. The zero-order valence-corrected chi connectivity index (χ0v) is 60.4. The number of para-hydroxylation sites is 5. The molecule has 0 amide bonds. The molecule has 0 atom stereocenters. The van der Waals surface area contributed by atoms with Crippen LogP contribution in [0.1, 0.15) is 0 Å². The predicted molar refractivity (Wildman–Crippen MR) is 458 cm³/mol. The number of hydrogen-bond acceptors (Lipinski definition) is 10. The molecule has 0 aliphatic carbocycles. The van der Waals surface area contributed by atoms with Crippen LogP contribution in [0.3, 0.4) is 0 Å². The Labute approximate surface area is 629 Å². The van der Waals surface area contributed by atoms with E-state index in [-0.39, 0.29) is 0 Å². The van der Waals surface area contributed by atoms with Gasteiger partial charge in [0.25, 0.3) is 0 Å². The van der Waals surface area contributed by atoms with Gasteiger partial charge in [-0.25, -0.2) is 0 Å². The van der Waals surface area contributed by atoms with Crippen LogP contribution in [0.4, 0.5) is 85.3 Å². The molecule has 16 aromatic carbocycles. The summed E-state index contributed by atoms with van der Waals surface area (Å²) in [6.07, 6.45) is 0. The minimum atomic E-state index is 0.660. The summed E-state index contributed by atoms with van der Waals surface area (Å²) in [6, 6.07) is 139. The van der Waals surface area contributed by atoms with Gasteiger partial charge in [0.1, 0.15) is 11.5 Å². The third-order valence-corrected chi connectivity index (χ3v) is 24.5. The van der Waals surface area contributed by atoms with E-state index < -0.39 is 0 Å². The summed E-state index contributed by atoms with van der Waals surface area (Å²) in [4.78, 5) is 12.2. The molecule has 0 saturated carbocycles. The van der Waals surface area contributed by atoms with E-state index in [4.69, 9.17) is 4.74 Å². The second-order valence-electron chi connectivity index (χ2n) is 26.3. The lowest BCUT2D eigenvalue weighted by Crippen LogP contribution is -2.16. The first kappa shape index (κ1) is 62.9. The predicted octanol–water partition coefficient (Wildman–Crippen LogP) is 30.3. The van der Waals surface area contributed by atoms with Gasteiger partial charge in [-0.1, -0.05) is 194 Å². The molecular weight excluding hydrogens is 1370 g/mol. The largest absolute Gasteiger partial charge is 0.457 e. The van der Waals surface area contributed by atoms with Gasteiger partial charge < -0.3 is 29.2 Å². The summed E-state index contributed by atoms with van der Waals surface area (Å²) in [7, 11) is 0. The second-order valence-corrected chi connectivity index (χ2v) is 30.7. The molecule has 0 aliphatic heterocycles. The lowest BCUT2D eigenvalue weighted by Gasteiger charge is -2.33. The molecule has 0 N–H and O–H groups in total. The number of anilines is 15. The van der Waals surface area contributed by atoms with E-state index in [0.717, 1.165) is 85.3 Å². The van der Waals surface area contributed by atoms with E-state index in [1.165, 1.54) is 80.7 Å². The Morgan fingerprint density at radius 1 is 0.160 bits per heavy atom. The average Bonchev–Trinajstić information content (AvgIpc) is 1.40. The van der Waals surface area contributed by atoms with E-state index in [9.17, 15) is 0 Å². The average molecular weight is 1430 g/mol. The first-order valence-corrected chi connectivity index (χ1v) is 38.8. The van der Waals surface area contributed by atoms with E-state index in [0.29, 0.717) is 11.5 Å². The monoisotopic (exact) mass is 1430 g/mol. The van der Waals surface area contributed by atoms with Crippen molar-refractivity contribution in [2.75, 3.05) is 24.5 Å². The lowest BCUT2D eigenvalue weighted by molar-refractivity contribution is 0.483. The fourth-order valence-electron chi connectivity index (χ4n) is 15.5. The molecule has 4 heterocycles. The lowest BCUT2D eigenvalue weighted by atomic mass is 10.0. The summed E-state index contributed by atoms with van der Waals surface area (Å²) in [6.45, 7) is 0. The standard InChI is InChI=1S/C96H63N5OS4/c1-6-29-64(30-7-1)97(65-31-8-2-9-32-65)70-57-71(98(66-33-10-3-11-34-66)81-45-25-53-89-93(81)77-41-16-20-49-85(77)103-89)59-72(58-70)101(84-48-28-56-92-96(84)80-44-19-23-52-88(80)106-92)69-39-24-40-75(61-69)102-76-62-73(99(67-35-12-4-13-36-67)82-46-26-54-90-94(82)78-42-17-21-50-86(78)104-90)60-74(63-76)100(68-37-14-5-15-38-68)83-47-27-55-91-95(83)79-43-18-22-51-87(79)105-91/h1-63H. The molecule has 0 fully saturated rings. The van der Waals surface area contributed by atoms with E-state index in [1.54, 1.807) is 0 Å². The topological polar surface area (TPSA) is 25.4 Å². The Kier molecular flexibility index (Phi) is 15.9. The quantitative estimate of drug-likeness (QED) is 0.0901. The first-order valence-electron chi connectivity index (χ1n) is 35.5. The van der Waals surface area contributed by atoms with Gasteiger partial charge in [-0.3, -0.25) is 0 Å². The van der Waals surface area contributed by atoms with Gasteiger partial charge in [0.2, 0.25) is 0 Å². The third kappa shape index (κ3) is 11.2. The van der Waals surface area contributed by atoms with E-state index in [2.05, 4.69) is 407 Å². The van der Waals surface area contributed by atoms with Crippen molar-refractivity contribution in [2.45, 2.75) is 0 Å². The molecule has 4 aromatic heterocycles. The zero-order chi connectivity index (χ0) is 70.0. The van der Waals surface area contributed by atoms with Crippen LogP contribution in [0.5, 0.6) is 11.5 Å². The van der Waals surface area contributed by atoms with Crippen molar-refractivity contribution >= 4 is 211 Å². The Hall–Kier alpha value is -12.8. The van der Waals surface area contributed by atoms with Gasteiger partial charge in [0.05, 0.1) is 51.2 Å². The molecule has 0 aliphatic rings. The number of fused-ring (bicyclic) bond motifs is 12. The van der Waals surface area contributed by atoms with Gasteiger partial charge >= 0.3 is 0 Å². The maximum atomic E-state index is 7.73. The van der Waals surface area contributed by atoms with Crippen molar-refractivity contribution in [1.29, 1.82) is 0 Å². The van der Waals surface area contributed by atoms with Crippen LogP contribution in [0.25, 0.3) is 80.7 Å². The van der Waals surface area contributed by atoms with Crippen LogP contribution < -0.4 is 29.2 Å². The molecule has 502 valence electrons. The van der Waals surface area contributed by atoms with Crippen LogP contribution in [-0.2, 0) is 0 Å². The summed E-state index contributed by atoms with van der Waals surface area (Å²) in [5, 5.41) is 9.61. The van der Waals surface area contributed by atoms with Gasteiger partial charge in [-0.2, -0.15) is 0 Å². The molecule has 0 spiro atoms. The maximum Gasteiger partial charge on any atom is 0.131 e. The number of benzene rings is 16. The maximum absolute atomic E-state index is 7.73. The van der Waals surface area contributed by atoms with Crippen molar-refractivity contribution in [1.82, 2.24) is 0 Å². The molecule has 106 heavy (non-hydrogen) atoms. The summed E-state index contributed by atoms with van der Waals surface area (Å²) in [5.74, 6) is 1.32. The Bertz CT molecular complexity index is 6460. The van der Waals surface area contributed by atoms with Crippen molar-refractivity contribution in [3.8, 4) is 11.5 Å². The number of thiophene rings is 4.